The molecule has 1 aromatic carbocycles. The Morgan fingerprint density at radius 1 is 1.27 bits per heavy atom. The van der Waals surface area contributed by atoms with Crippen molar-refractivity contribution in [2.24, 2.45) is 0 Å². The maximum atomic E-state index is 12.2. The molecule has 116 valence electrons. The van der Waals surface area contributed by atoms with Crippen LogP contribution in [0.4, 0.5) is 4.79 Å². The van der Waals surface area contributed by atoms with Gasteiger partial charge in [-0.25, -0.2) is 4.79 Å². The lowest BCUT2D eigenvalue weighted by Gasteiger charge is -2.17. The van der Waals surface area contributed by atoms with Gasteiger partial charge in [0.15, 0.2) is 0 Å². The summed E-state index contributed by atoms with van der Waals surface area (Å²) >= 11 is 0.914. The van der Waals surface area contributed by atoms with Crippen molar-refractivity contribution in [3.05, 3.63) is 40.3 Å². The fraction of sp³-hybridized carbons (Fsp3) is 0.267. The van der Waals surface area contributed by atoms with E-state index in [9.17, 15) is 14.4 Å². The lowest BCUT2D eigenvalue weighted by molar-refractivity contribution is -0.123. The number of carbonyl (C=O) groups excluding carboxylic acids is 3. The molecule has 0 unspecified atom stereocenters. The second-order valence-corrected chi connectivity index (χ2v) is 5.94. The van der Waals surface area contributed by atoms with Crippen LogP contribution in [-0.2, 0) is 9.53 Å². The van der Waals surface area contributed by atoms with Crippen LogP contribution in [0.15, 0.2) is 29.2 Å². The van der Waals surface area contributed by atoms with Gasteiger partial charge in [-0.2, -0.15) is 0 Å². The molecule has 1 aliphatic rings. The first-order valence-electron chi connectivity index (χ1n) is 6.51. The highest BCUT2D eigenvalue weighted by molar-refractivity contribution is 8.18. The van der Waals surface area contributed by atoms with Gasteiger partial charge in [0, 0.05) is 0 Å². The first-order valence-corrected chi connectivity index (χ1v) is 7.32. The van der Waals surface area contributed by atoms with Crippen molar-refractivity contribution in [3.8, 4) is 0 Å². The number of methoxy groups -OCH3 is 1. The van der Waals surface area contributed by atoms with Gasteiger partial charge in [-0.05, 0) is 49.6 Å². The molecule has 0 bridgehead atoms. The van der Waals surface area contributed by atoms with E-state index >= 15 is 0 Å². The topological polar surface area (TPSA) is 66.9 Å². The summed E-state index contributed by atoms with van der Waals surface area (Å²) < 4.78 is 4.62. The number of rotatable bonds is 4. The molecule has 0 spiro atoms. The zero-order chi connectivity index (χ0) is 16.3. The Labute approximate surface area is 132 Å². The van der Waals surface area contributed by atoms with E-state index in [2.05, 4.69) is 4.74 Å². The van der Waals surface area contributed by atoms with Gasteiger partial charge in [0.2, 0.25) is 0 Å². The quantitative estimate of drug-likeness (QED) is 0.625. The van der Waals surface area contributed by atoms with Gasteiger partial charge in [-0.1, -0.05) is 12.1 Å². The number of benzene rings is 1. The standard InChI is InChI=1S/C15H16N2O4S/c1-16(2)9-17-13(18)12(22-15(17)20)8-10-4-6-11(7-5-10)14(19)21-3/h4-8H,9H2,1-3H3/b12-8-. The van der Waals surface area contributed by atoms with E-state index in [1.165, 1.54) is 12.0 Å². The summed E-state index contributed by atoms with van der Waals surface area (Å²) in [7, 11) is 4.90. The third kappa shape index (κ3) is 3.55. The van der Waals surface area contributed by atoms with Crippen LogP contribution in [0.2, 0.25) is 0 Å². The highest BCUT2D eigenvalue weighted by atomic mass is 32.2. The summed E-state index contributed by atoms with van der Waals surface area (Å²) in [6.07, 6.45) is 1.64. The van der Waals surface area contributed by atoms with Crippen molar-refractivity contribution in [2.75, 3.05) is 27.9 Å². The lowest BCUT2D eigenvalue weighted by Crippen LogP contribution is -2.36. The van der Waals surface area contributed by atoms with E-state index in [0.29, 0.717) is 10.5 Å². The van der Waals surface area contributed by atoms with Crippen LogP contribution in [0.25, 0.3) is 6.08 Å². The zero-order valence-electron chi connectivity index (χ0n) is 12.5. The van der Waals surface area contributed by atoms with Crippen LogP contribution >= 0.6 is 11.8 Å². The van der Waals surface area contributed by atoms with Crippen molar-refractivity contribution >= 4 is 35.0 Å². The monoisotopic (exact) mass is 320 g/mol. The first-order chi connectivity index (χ1) is 10.4. The number of imide groups is 1. The number of ether oxygens (including phenoxy) is 1. The Kier molecular flexibility index (Phi) is 4.99. The number of hydrogen-bond donors (Lipinski definition) is 0. The number of thioether (sulfide) groups is 1. The van der Waals surface area contributed by atoms with Gasteiger partial charge in [0.1, 0.15) is 0 Å². The van der Waals surface area contributed by atoms with Crippen molar-refractivity contribution in [1.29, 1.82) is 0 Å². The third-order valence-electron chi connectivity index (χ3n) is 2.93. The number of carbonyl (C=O) groups is 3. The minimum atomic E-state index is -0.419. The molecule has 0 aromatic heterocycles. The van der Waals surface area contributed by atoms with E-state index in [4.69, 9.17) is 0 Å². The number of amides is 2. The molecule has 0 saturated carbocycles. The first kappa shape index (κ1) is 16.3. The molecule has 1 aromatic rings. The number of esters is 1. The van der Waals surface area contributed by atoms with Crippen LogP contribution in [-0.4, -0.2) is 54.8 Å². The summed E-state index contributed by atoms with van der Waals surface area (Å²) in [4.78, 5) is 38.7. The highest BCUT2D eigenvalue weighted by Crippen LogP contribution is 2.32. The Morgan fingerprint density at radius 3 is 2.45 bits per heavy atom. The smallest absolute Gasteiger partial charge is 0.337 e. The highest BCUT2D eigenvalue weighted by Gasteiger charge is 2.35. The maximum Gasteiger partial charge on any atom is 0.337 e. The lowest BCUT2D eigenvalue weighted by atomic mass is 10.1. The molecular weight excluding hydrogens is 304 g/mol. The SMILES string of the molecule is COC(=O)c1ccc(/C=C2\SC(=O)N(CN(C)C)C2=O)cc1. The van der Waals surface area contributed by atoms with Gasteiger partial charge in [0.25, 0.3) is 11.1 Å². The largest absolute Gasteiger partial charge is 0.465 e. The van der Waals surface area contributed by atoms with Crippen molar-refractivity contribution in [1.82, 2.24) is 9.80 Å². The van der Waals surface area contributed by atoms with Gasteiger partial charge >= 0.3 is 5.97 Å². The van der Waals surface area contributed by atoms with Crippen molar-refractivity contribution in [3.63, 3.8) is 0 Å². The predicted molar refractivity (Wildman–Crippen MR) is 84.1 cm³/mol. The van der Waals surface area contributed by atoms with Gasteiger partial charge in [-0.3, -0.25) is 19.4 Å². The van der Waals surface area contributed by atoms with Crippen LogP contribution in [0, 0.1) is 0 Å². The fourth-order valence-corrected chi connectivity index (χ4v) is 2.72. The second kappa shape index (κ2) is 6.76. The molecule has 2 rings (SSSR count). The fourth-order valence-electron chi connectivity index (χ4n) is 1.89. The molecule has 0 atom stereocenters. The van der Waals surface area contributed by atoms with Gasteiger partial charge in [0.05, 0.1) is 24.2 Å². The molecule has 1 heterocycles. The molecule has 7 heteroatoms. The Bertz CT molecular complexity index is 637. The van der Waals surface area contributed by atoms with Crippen LogP contribution in [0.5, 0.6) is 0 Å². The Hall–Kier alpha value is -2.12. The Morgan fingerprint density at radius 2 is 1.91 bits per heavy atom. The molecule has 2 amide bonds. The molecule has 1 fully saturated rings. The summed E-state index contributed by atoms with van der Waals surface area (Å²) in [6, 6.07) is 6.63. The maximum absolute atomic E-state index is 12.2. The molecule has 6 nitrogen and oxygen atoms in total. The van der Waals surface area contributed by atoms with E-state index in [-0.39, 0.29) is 17.8 Å². The minimum absolute atomic E-state index is 0.253. The third-order valence-corrected chi connectivity index (χ3v) is 3.83. The average molecular weight is 320 g/mol. The molecule has 0 radical (unpaired) electrons. The van der Waals surface area contributed by atoms with E-state index in [0.717, 1.165) is 17.3 Å². The van der Waals surface area contributed by atoms with E-state index in [1.807, 2.05) is 0 Å². The summed E-state index contributed by atoms with van der Waals surface area (Å²) in [5.41, 5.74) is 1.17. The summed E-state index contributed by atoms with van der Waals surface area (Å²) in [5.74, 6) is -0.724. The van der Waals surface area contributed by atoms with Crippen LogP contribution in [0.3, 0.4) is 0 Å². The minimum Gasteiger partial charge on any atom is -0.465 e. The predicted octanol–water partition coefficient (Wildman–Crippen LogP) is 2.03. The molecule has 0 aliphatic carbocycles. The van der Waals surface area contributed by atoms with Gasteiger partial charge < -0.3 is 4.74 Å². The Balaban J connectivity index is 2.18. The second-order valence-electron chi connectivity index (χ2n) is 4.94. The molecule has 1 aliphatic heterocycles. The van der Waals surface area contributed by atoms with Crippen molar-refractivity contribution in [2.45, 2.75) is 0 Å². The van der Waals surface area contributed by atoms with E-state index < -0.39 is 5.97 Å². The molecule has 22 heavy (non-hydrogen) atoms. The normalized spacial score (nSPS) is 16.7. The van der Waals surface area contributed by atoms with Crippen molar-refractivity contribution < 1.29 is 19.1 Å². The van der Waals surface area contributed by atoms with Crippen LogP contribution < -0.4 is 0 Å². The number of hydrogen-bond acceptors (Lipinski definition) is 6. The average Bonchev–Trinajstić information content (AvgIpc) is 2.74. The summed E-state index contributed by atoms with van der Waals surface area (Å²) in [6.45, 7) is 0.253. The molecule has 1 saturated heterocycles. The van der Waals surface area contributed by atoms with E-state index in [1.54, 1.807) is 49.3 Å². The molecular formula is C15H16N2O4S. The number of nitrogens with zero attached hydrogens (tertiary/aromatic N) is 2. The zero-order valence-corrected chi connectivity index (χ0v) is 13.3. The van der Waals surface area contributed by atoms with Gasteiger partial charge in [-0.15, -0.1) is 0 Å². The summed E-state index contributed by atoms with van der Waals surface area (Å²) in [5, 5.41) is -0.281. The molecule has 0 N–H and O–H groups in total. The van der Waals surface area contributed by atoms with Crippen LogP contribution in [0.1, 0.15) is 15.9 Å².